The average molecular weight is 445 g/mol. The van der Waals surface area contributed by atoms with E-state index in [1.165, 1.54) is 0 Å². The van der Waals surface area contributed by atoms with Gasteiger partial charge in [0.2, 0.25) is 0 Å². The maximum absolute atomic E-state index is 6.24. The van der Waals surface area contributed by atoms with Crippen LogP contribution in [-0.4, -0.2) is 24.9 Å². The molecule has 0 saturated carbocycles. The first-order chi connectivity index (χ1) is 15.7. The molecule has 0 aromatic heterocycles. The fraction of sp³-hybridized carbons (Fsp3) is 0.308. The van der Waals surface area contributed by atoms with E-state index in [0.29, 0.717) is 29.5 Å². The molecule has 0 radical (unpaired) electrons. The van der Waals surface area contributed by atoms with Crippen LogP contribution < -0.4 is 25.4 Å². The van der Waals surface area contributed by atoms with E-state index >= 15 is 0 Å². The summed E-state index contributed by atoms with van der Waals surface area (Å²) in [5.74, 6) is 2.80. The minimum Gasteiger partial charge on any atom is -0.485 e. The molecule has 7 heteroatoms. The molecule has 33 heavy (non-hydrogen) atoms. The third-order valence-electron chi connectivity index (χ3n) is 6.53. The van der Waals surface area contributed by atoms with Crippen LogP contribution in [0.15, 0.2) is 66.7 Å². The standard InChI is InChI=1S/C26H28BNO5/c1-25(2)26(3,4)33-27(32-25)17-8-12-19(13-9-17)31-23-16-29-24-21(23)6-5-7-22(24)30-20-14-10-18(28)11-15-20/h5-15,23H,16,28H2,1-4H3. The molecular formula is C26H28BNO5. The third-order valence-corrected chi connectivity index (χ3v) is 6.53. The number of anilines is 1. The Bertz CT molecular complexity index is 1130. The molecule has 1 fully saturated rings. The summed E-state index contributed by atoms with van der Waals surface area (Å²) in [4.78, 5) is 0. The highest BCUT2D eigenvalue weighted by Crippen LogP contribution is 2.43. The van der Waals surface area contributed by atoms with Crippen molar-refractivity contribution in [1.29, 1.82) is 0 Å². The van der Waals surface area contributed by atoms with Gasteiger partial charge in [0.1, 0.15) is 18.1 Å². The summed E-state index contributed by atoms with van der Waals surface area (Å²) in [6.07, 6.45) is -0.224. The van der Waals surface area contributed by atoms with Crippen molar-refractivity contribution in [3.05, 3.63) is 72.3 Å². The van der Waals surface area contributed by atoms with Crippen molar-refractivity contribution in [1.82, 2.24) is 0 Å². The van der Waals surface area contributed by atoms with Crippen molar-refractivity contribution in [3.63, 3.8) is 0 Å². The predicted octanol–water partition coefficient (Wildman–Crippen LogP) is 4.87. The molecule has 0 aliphatic carbocycles. The van der Waals surface area contributed by atoms with Crippen LogP contribution in [0, 0.1) is 0 Å². The molecule has 2 aliphatic heterocycles. The second kappa shape index (κ2) is 8.01. The van der Waals surface area contributed by atoms with E-state index in [1.807, 2.05) is 82.3 Å². The van der Waals surface area contributed by atoms with E-state index in [1.54, 1.807) is 12.1 Å². The van der Waals surface area contributed by atoms with Crippen molar-refractivity contribution in [2.24, 2.45) is 0 Å². The van der Waals surface area contributed by atoms with E-state index < -0.39 is 7.12 Å². The number of nitrogen functional groups attached to an aromatic ring is 1. The summed E-state index contributed by atoms with van der Waals surface area (Å²) >= 11 is 0. The zero-order chi connectivity index (χ0) is 23.2. The normalized spacial score (nSPS) is 20.2. The van der Waals surface area contributed by atoms with E-state index in [-0.39, 0.29) is 17.3 Å². The number of fused-ring (bicyclic) bond motifs is 1. The monoisotopic (exact) mass is 445 g/mol. The van der Waals surface area contributed by atoms with Crippen LogP contribution in [0.5, 0.6) is 23.0 Å². The van der Waals surface area contributed by atoms with Crippen molar-refractivity contribution in [2.75, 3.05) is 12.3 Å². The summed E-state index contributed by atoms with van der Waals surface area (Å²) in [7, 11) is -0.396. The topological polar surface area (TPSA) is 72.2 Å². The summed E-state index contributed by atoms with van der Waals surface area (Å²) in [6, 6.07) is 20.9. The number of benzene rings is 3. The molecule has 0 bridgehead atoms. The molecule has 1 unspecified atom stereocenters. The second-order valence-corrected chi connectivity index (χ2v) is 9.42. The van der Waals surface area contributed by atoms with Gasteiger partial charge in [-0.2, -0.15) is 0 Å². The van der Waals surface area contributed by atoms with Crippen LogP contribution in [0.4, 0.5) is 5.69 Å². The van der Waals surface area contributed by atoms with Gasteiger partial charge in [0.15, 0.2) is 17.6 Å². The fourth-order valence-corrected chi connectivity index (χ4v) is 3.88. The van der Waals surface area contributed by atoms with Crippen molar-refractivity contribution in [2.45, 2.75) is 45.0 Å². The SMILES string of the molecule is CC1(C)OB(c2ccc(OC3COc4c(Oc5ccc(N)cc5)cccc43)cc2)OC1(C)C. The van der Waals surface area contributed by atoms with E-state index in [0.717, 1.165) is 16.8 Å². The van der Waals surface area contributed by atoms with Gasteiger partial charge >= 0.3 is 7.12 Å². The molecule has 0 spiro atoms. The number of nitrogens with two attached hydrogens (primary N) is 1. The average Bonchev–Trinajstić information content (AvgIpc) is 3.28. The van der Waals surface area contributed by atoms with Gasteiger partial charge in [-0.05, 0) is 75.6 Å². The number of hydrogen-bond acceptors (Lipinski definition) is 6. The minimum absolute atomic E-state index is 0.224. The summed E-state index contributed by atoms with van der Waals surface area (Å²) in [5.41, 5.74) is 7.62. The predicted molar refractivity (Wildman–Crippen MR) is 128 cm³/mol. The van der Waals surface area contributed by atoms with Crippen LogP contribution in [0.25, 0.3) is 0 Å². The number of ether oxygens (including phenoxy) is 3. The zero-order valence-corrected chi connectivity index (χ0v) is 19.3. The summed E-state index contributed by atoms with van der Waals surface area (Å²) in [6.45, 7) is 8.61. The van der Waals surface area contributed by atoms with Gasteiger partial charge in [-0.15, -0.1) is 0 Å². The van der Waals surface area contributed by atoms with Crippen LogP contribution >= 0.6 is 0 Å². The van der Waals surface area contributed by atoms with Crippen molar-refractivity contribution < 1.29 is 23.5 Å². The van der Waals surface area contributed by atoms with E-state index in [4.69, 9.17) is 29.3 Å². The Labute approximate surface area is 194 Å². The lowest BCUT2D eigenvalue weighted by atomic mass is 9.79. The Morgan fingerprint density at radius 3 is 2.15 bits per heavy atom. The molecule has 2 heterocycles. The van der Waals surface area contributed by atoms with Gasteiger partial charge in [0.25, 0.3) is 0 Å². The van der Waals surface area contributed by atoms with Crippen LogP contribution in [-0.2, 0) is 9.31 Å². The minimum atomic E-state index is -0.396. The highest BCUT2D eigenvalue weighted by molar-refractivity contribution is 6.62. The van der Waals surface area contributed by atoms with Crippen molar-refractivity contribution >= 4 is 18.3 Å². The maximum atomic E-state index is 6.24. The van der Waals surface area contributed by atoms with E-state index in [9.17, 15) is 0 Å². The van der Waals surface area contributed by atoms with Gasteiger partial charge in [-0.1, -0.05) is 24.3 Å². The lowest BCUT2D eigenvalue weighted by Gasteiger charge is -2.32. The highest BCUT2D eigenvalue weighted by atomic mass is 16.7. The lowest BCUT2D eigenvalue weighted by molar-refractivity contribution is 0.00578. The van der Waals surface area contributed by atoms with E-state index in [2.05, 4.69) is 0 Å². The van der Waals surface area contributed by atoms with Gasteiger partial charge in [0, 0.05) is 11.3 Å². The molecule has 2 aliphatic rings. The van der Waals surface area contributed by atoms with Crippen LogP contribution in [0.2, 0.25) is 0 Å². The number of para-hydroxylation sites is 1. The largest absolute Gasteiger partial charge is 0.494 e. The van der Waals surface area contributed by atoms with Gasteiger partial charge in [0.05, 0.1) is 11.2 Å². The number of hydrogen-bond donors (Lipinski definition) is 1. The Morgan fingerprint density at radius 2 is 1.48 bits per heavy atom. The first-order valence-corrected chi connectivity index (χ1v) is 11.1. The quantitative estimate of drug-likeness (QED) is 0.446. The maximum Gasteiger partial charge on any atom is 0.494 e. The zero-order valence-electron chi connectivity index (χ0n) is 19.3. The Balaban J connectivity index is 1.29. The van der Waals surface area contributed by atoms with Gasteiger partial charge in [-0.25, -0.2) is 0 Å². The first kappa shape index (κ1) is 21.7. The molecule has 0 amide bonds. The Kier molecular flexibility index (Phi) is 5.26. The number of rotatable bonds is 5. The summed E-state index contributed by atoms with van der Waals surface area (Å²) < 4.78 is 30.5. The molecule has 3 aromatic carbocycles. The second-order valence-electron chi connectivity index (χ2n) is 9.42. The Morgan fingerprint density at radius 1 is 0.848 bits per heavy atom. The molecule has 2 N–H and O–H groups in total. The smallest absolute Gasteiger partial charge is 0.485 e. The summed E-state index contributed by atoms with van der Waals surface area (Å²) in [5, 5.41) is 0. The molecule has 3 aromatic rings. The molecule has 1 saturated heterocycles. The molecule has 6 nitrogen and oxygen atoms in total. The van der Waals surface area contributed by atoms with Crippen LogP contribution in [0.1, 0.15) is 39.4 Å². The highest BCUT2D eigenvalue weighted by Gasteiger charge is 2.51. The molecule has 1 atom stereocenters. The van der Waals surface area contributed by atoms with Crippen molar-refractivity contribution in [3.8, 4) is 23.0 Å². The molecule has 170 valence electrons. The molecule has 5 rings (SSSR count). The first-order valence-electron chi connectivity index (χ1n) is 11.1. The van der Waals surface area contributed by atoms with Crippen LogP contribution in [0.3, 0.4) is 0 Å². The fourth-order valence-electron chi connectivity index (χ4n) is 3.88. The lowest BCUT2D eigenvalue weighted by Crippen LogP contribution is -2.41. The third kappa shape index (κ3) is 4.14. The van der Waals surface area contributed by atoms with Gasteiger partial charge in [-0.3, -0.25) is 0 Å². The van der Waals surface area contributed by atoms with Gasteiger partial charge < -0.3 is 29.3 Å². The molecular weight excluding hydrogens is 417 g/mol. The Hall–Kier alpha value is -3.16.